The van der Waals surface area contributed by atoms with Crippen molar-refractivity contribution in [3.05, 3.63) is 146 Å². The topological polar surface area (TPSA) is 134 Å². The number of ether oxygens (including phenoxy) is 2. The molecule has 2 unspecified atom stereocenters. The summed E-state index contributed by atoms with van der Waals surface area (Å²) in [7, 11) is -4.40. The highest BCUT2D eigenvalue weighted by atomic mass is 31.2. The van der Waals surface area contributed by atoms with E-state index in [1.165, 1.54) is 116 Å². The second-order valence-electron chi connectivity index (χ2n) is 21.6. The predicted molar refractivity (Wildman–Crippen MR) is 357 cm³/mol. The highest BCUT2D eigenvalue weighted by Crippen LogP contribution is 2.43. The fraction of sp³-hybridized carbons (Fsp3) is 0.644. The molecule has 0 aliphatic carbocycles. The normalized spacial score (nSPS) is 13.9. The number of esters is 2. The van der Waals surface area contributed by atoms with E-state index in [4.69, 9.17) is 24.3 Å². The maximum atomic E-state index is 12.8. The van der Waals surface area contributed by atoms with Crippen molar-refractivity contribution in [1.82, 2.24) is 0 Å². The number of rotatable bonds is 61. The summed E-state index contributed by atoms with van der Waals surface area (Å²) in [4.78, 5) is 35.3. The number of carbonyl (C=O) groups is 2. The van der Waals surface area contributed by atoms with E-state index in [0.29, 0.717) is 6.42 Å². The van der Waals surface area contributed by atoms with Crippen LogP contribution in [0.3, 0.4) is 0 Å². The predicted octanol–water partition coefficient (Wildman–Crippen LogP) is 21.9. The van der Waals surface area contributed by atoms with E-state index in [9.17, 15) is 19.0 Å². The largest absolute Gasteiger partial charge is 0.472 e. The highest BCUT2D eigenvalue weighted by Gasteiger charge is 2.26. The van der Waals surface area contributed by atoms with Crippen LogP contribution in [0.2, 0.25) is 0 Å². The average Bonchev–Trinajstić information content (AvgIpc) is 3.49. The number of hydrogen-bond acceptors (Lipinski definition) is 8. The third kappa shape index (κ3) is 66.9. The second-order valence-corrected chi connectivity index (χ2v) is 23.0. The Hall–Kier alpha value is -4.11. The molecule has 0 aliphatic rings. The third-order valence-corrected chi connectivity index (χ3v) is 14.7. The van der Waals surface area contributed by atoms with Crippen molar-refractivity contribution in [2.24, 2.45) is 5.73 Å². The van der Waals surface area contributed by atoms with Crippen LogP contribution < -0.4 is 5.73 Å². The van der Waals surface area contributed by atoms with E-state index in [1.807, 2.05) is 0 Å². The molecule has 0 heterocycles. The van der Waals surface area contributed by atoms with E-state index in [1.54, 1.807) is 0 Å². The zero-order valence-corrected chi connectivity index (χ0v) is 53.8. The molecule has 0 bridgehead atoms. The number of carbonyl (C=O) groups excluding carboxylic acids is 2. The number of nitrogens with two attached hydrogens (primary N) is 1. The van der Waals surface area contributed by atoms with Crippen molar-refractivity contribution in [2.75, 3.05) is 26.4 Å². The molecule has 0 aromatic rings. The fourth-order valence-electron chi connectivity index (χ4n) is 8.88. The van der Waals surface area contributed by atoms with Gasteiger partial charge in [-0.2, -0.15) is 0 Å². The summed E-state index contributed by atoms with van der Waals surface area (Å²) in [6.45, 7) is 3.52. The summed E-state index contributed by atoms with van der Waals surface area (Å²) in [5, 5.41) is 0. The molecule has 472 valence electrons. The van der Waals surface area contributed by atoms with E-state index in [2.05, 4.69) is 160 Å². The lowest BCUT2D eigenvalue weighted by Crippen LogP contribution is -2.29. The van der Waals surface area contributed by atoms with Gasteiger partial charge < -0.3 is 20.1 Å². The average molecular weight is 1170 g/mol. The Kier molecular flexibility index (Phi) is 63.7. The molecule has 0 amide bonds. The first kappa shape index (κ1) is 78.9. The second kappa shape index (κ2) is 67.0. The van der Waals surface area contributed by atoms with Crippen LogP contribution in [0, 0.1) is 0 Å². The molecule has 0 fully saturated rings. The van der Waals surface area contributed by atoms with Gasteiger partial charge in [0.25, 0.3) is 0 Å². The summed E-state index contributed by atoms with van der Waals surface area (Å²) >= 11 is 0. The smallest absolute Gasteiger partial charge is 0.462 e. The van der Waals surface area contributed by atoms with Crippen molar-refractivity contribution in [2.45, 2.75) is 277 Å². The number of phosphoric ester groups is 1. The minimum atomic E-state index is -4.40. The lowest BCUT2D eigenvalue weighted by molar-refractivity contribution is -0.161. The molecule has 2 atom stereocenters. The van der Waals surface area contributed by atoms with Crippen LogP contribution in [0.25, 0.3) is 0 Å². The molecule has 83 heavy (non-hydrogen) atoms. The molecule has 3 N–H and O–H groups in total. The van der Waals surface area contributed by atoms with Crippen LogP contribution in [-0.4, -0.2) is 49.3 Å². The Labute approximate surface area is 509 Å². The minimum absolute atomic E-state index is 0.0465. The van der Waals surface area contributed by atoms with Crippen molar-refractivity contribution in [3.8, 4) is 0 Å². The SMILES string of the molecule is CC/C=C\C/C=C\C/C=C\C/C=C\C/C=C\C/C=C\C/C=C\CCCCCCCCCCCCCC(=O)OC(COC(=O)CCCCCCCCCCCCCCC/C=C\C/C=C\C/C=C\C/C=C\C/C=C\CC)COP(=O)(O)OCCN. The molecular formula is C73H122NO8P. The zero-order chi connectivity index (χ0) is 60.1. The molecule has 0 radical (unpaired) electrons. The molecule has 0 aromatic heterocycles. The van der Waals surface area contributed by atoms with Crippen LogP contribution in [0.1, 0.15) is 271 Å². The molecule has 10 heteroatoms. The van der Waals surface area contributed by atoms with Gasteiger partial charge in [-0.25, -0.2) is 4.57 Å². The lowest BCUT2D eigenvalue weighted by atomic mass is 10.0. The molecule has 0 spiro atoms. The van der Waals surface area contributed by atoms with Gasteiger partial charge in [-0.1, -0.05) is 288 Å². The van der Waals surface area contributed by atoms with Crippen LogP contribution >= 0.6 is 7.82 Å². The highest BCUT2D eigenvalue weighted by molar-refractivity contribution is 7.47. The Morgan fingerprint density at radius 3 is 0.928 bits per heavy atom. The van der Waals surface area contributed by atoms with E-state index in [0.717, 1.165) is 122 Å². The van der Waals surface area contributed by atoms with Gasteiger partial charge in [0.15, 0.2) is 6.10 Å². The summed E-state index contributed by atoms with van der Waals surface area (Å²) in [6, 6.07) is 0. The van der Waals surface area contributed by atoms with Crippen molar-refractivity contribution >= 4 is 19.8 Å². The molecule has 0 aliphatic heterocycles. The van der Waals surface area contributed by atoms with Gasteiger partial charge in [-0.3, -0.25) is 18.6 Å². The van der Waals surface area contributed by atoms with Crippen molar-refractivity contribution in [3.63, 3.8) is 0 Å². The first-order valence-electron chi connectivity index (χ1n) is 33.3. The van der Waals surface area contributed by atoms with E-state index < -0.39 is 26.5 Å². The first-order valence-corrected chi connectivity index (χ1v) is 34.8. The standard InChI is InChI=1S/C73H122NO8P/c1-3-5-7-9-11-13-15-17-19-21-23-25-27-29-31-33-34-35-36-38-40-42-44-46-48-50-52-54-56-58-60-62-64-66-73(76)82-71(70-81-83(77,78)80-68-67-74)69-79-72(75)65-63-61-59-57-55-53-51-49-47-45-43-41-39-37-32-30-28-26-24-22-20-18-16-14-12-10-8-6-4-2/h5-8,11-14,17-20,23-26,29-32,34-35,38,40,71H,3-4,9-10,15-16,21-22,27-28,33,36-37,39,41-70,74H2,1-2H3,(H,77,78)/b7-5-,8-6-,13-11-,14-12-,19-17-,20-18-,25-23-,26-24-,31-29-,32-30-,35-34-,40-38-. The van der Waals surface area contributed by atoms with Gasteiger partial charge in [0, 0.05) is 19.4 Å². The number of unbranched alkanes of at least 4 members (excludes halogenated alkanes) is 24. The molecule has 9 nitrogen and oxygen atoms in total. The van der Waals surface area contributed by atoms with Crippen LogP contribution in [0.15, 0.2) is 146 Å². The monoisotopic (exact) mass is 1170 g/mol. The number of phosphoric acid groups is 1. The summed E-state index contributed by atoms with van der Waals surface area (Å²) in [6.07, 6.45) is 96.3. The van der Waals surface area contributed by atoms with Gasteiger partial charge in [-0.15, -0.1) is 0 Å². The van der Waals surface area contributed by atoms with Gasteiger partial charge >= 0.3 is 19.8 Å². The molecular weight excluding hydrogens is 1050 g/mol. The van der Waals surface area contributed by atoms with Crippen LogP contribution in [-0.2, 0) is 32.7 Å². The fourth-order valence-corrected chi connectivity index (χ4v) is 9.64. The van der Waals surface area contributed by atoms with Gasteiger partial charge in [-0.05, 0) is 116 Å². The van der Waals surface area contributed by atoms with Crippen LogP contribution in [0.4, 0.5) is 0 Å². The van der Waals surface area contributed by atoms with Gasteiger partial charge in [0.1, 0.15) is 6.61 Å². The quantitative estimate of drug-likeness (QED) is 0.0264. The first-order chi connectivity index (χ1) is 40.8. The number of allylic oxidation sites excluding steroid dienone is 24. The molecule has 0 rings (SSSR count). The number of hydrogen-bond donors (Lipinski definition) is 2. The van der Waals surface area contributed by atoms with E-state index in [-0.39, 0.29) is 38.6 Å². The lowest BCUT2D eigenvalue weighted by Gasteiger charge is -2.19. The summed E-state index contributed by atoms with van der Waals surface area (Å²) in [5.41, 5.74) is 5.40. The Bertz CT molecular complexity index is 1870. The minimum Gasteiger partial charge on any atom is -0.462 e. The Morgan fingerprint density at radius 1 is 0.361 bits per heavy atom. The van der Waals surface area contributed by atoms with Crippen LogP contribution in [0.5, 0.6) is 0 Å². The molecule has 0 saturated heterocycles. The zero-order valence-electron chi connectivity index (χ0n) is 52.9. The van der Waals surface area contributed by atoms with Crippen molar-refractivity contribution in [1.29, 1.82) is 0 Å². The summed E-state index contributed by atoms with van der Waals surface area (Å²) < 4.78 is 33.2. The third-order valence-electron chi connectivity index (χ3n) is 13.7. The van der Waals surface area contributed by atoms with Crippen molar-refractivity contribution < 1.29 is 37.6 Å². The van der Waals surface area contributed by atoms with E-state index >= 15 is 0 Å². The van der Waals surface area contributed by atoms with Gasteiger partial charge in [0.05, 0.1) is 13.2 Å². The molecule has 0 aromatic carbocycles. The van der Waals surface area contributed by atoms with Gasteiger partial charge in [0.2, 0.25) is 0 Å². The Balaban J connectivity index is 3.96. The maximum absolute atomic E-state index is 12.8. The summed E-state index contributed by atoms with van der Waals surface area (Å²) in [5.74, 6) is -0.835. The molecule has 0 saturated carbocycles. The maximum Gasteiger partial charge on any atom is 0.472 e. The Morgan fingerprint density at radius 2 is 0.627 bits per heavy atom.